The smallest absolute Gasteiger partial charge is 0.258 e. The van der Waals surface area contributed by atoms with E-state index in [1.165, 1.54) is 25.7 Å². The highest BCUT2D eigenvalue weighted by molar-refractivity contribution is 5.78. The van der Waals surface area contributed by atoms with Crippen LogP contribution < -0.4 is 10.1 Å². The average molecular weight is 365 g/mol. The van der Waals surface area contributed by atoms with Gasteiger partial charge in [-0.3, -0.25) is 4.79 Å². The molecule has 27 heavy (non-hydrogen) atoms. The summed E-state index contributed by atoms with van der Waals surface area (Å²) in [6.07, 6.45) is 10.6. The molecule has 1 N–H and O–H groups in total. The van der Waals surface area contributed by atoms with E-state index in [1.807, 2.05) is 35.0 Å². The lowest BCUT2D eigenvalue weighted by Crippen LogP contribution is -2.42. The highest BCUT2D eigenvalue weighted by atomic mass is 16.5. The number of ether oxygens (including phenoxy) is 1. The van der Waals surface area contributed by atoms with E-state index in [4.69, 9.17) is 4.74 Å². The number of hydrogen-bond donors (Lipinski definition) is 1. The lowest BCUT2D eigenvalue weighted by Gasteiger charge is -2.28. The Bertz CT molecular complexity index is 815. The molecule has 5 heteroatoms. The SMILES string of the molecule is C=C(c1ccccc1OCC(=O)NC(C)C1CC2CCC1C2)n1ccnc1. The number of carbonyl (C=O) groups is 1. The van der Waals surface area contributed by atoms with Gasteiger partial charge in [-0.05, 0) is 56.1 Å². The third-order valence-electron chi connectivity index (χ3n) is 6.20. The Kier molecular flexibility index (Phi) is 5.01. The molecule has 0 radical (unpaired) electrons. The van der Waals surface area contributed by atoms with Crippen molar-refractivity contribution in [1.29, 1.82) is 0 Å². The Morgan fingerprint density at radius 3 is 2.93 bits per heavy atom. The standard InChI is InChI=1S/C22H27N3O2/c1-15(20-12-17-7-8-18(20)11-17)24-22(26)13-27-21-6-4-3-5-19(21)16(2)25-10-9-23-14-25/h3-6,9-10,14-15,17-18,20H,2,7-8,11-13H2,1H3,(H,24,26). The minimum Gasteiger partial charge on any atom is -0.483 e. The van der Waals surface area contributed by atoms with Gasteiger partial charge in [0.1, 0.15) is 5.75 Å². The van der Waals surface area contributed by atoms with Gasteiger partial charge in [-0.25, -0.2) is 4.98 Å². The Labute approximate surface area is 160 Å². The van der Waals surface area contributed by atoms with E-state index in [-0.39, 0.29) is 18.6 Å². The van der Waals surface area contributed by atoms with Crippen LogP contribution in [0.2, 0.25) is 0 Å². The molecule has 0 spiro atoms. The van der Waals surface area contributed by atoms with Gasteiger partial charge < -0.3 is 14.6 Å². The van der Waals surface area contributed by atoms with Gasteiger partial charge in [-0.2, -0.15) is 0 Å². The number of para-hydroxylation sites is 1. The fourth-order valence-electron chi connectivity index (χ4n) is 4.84. The number of amides is 1. The van der Waals surface area contributed by atoms with E-state index in [9.17, 15) is 4.79 Å². The number of imidazole rings is 1. The van der Waals surface area contributed by atoms with E-state index >= 15 is 0 Å². The minimum atomic E-state index is -0.0617. The number of rotatable bonds is 7. The molecule has 0 saturated heterocycles. The molecule has 2 aromatic rings. The summed E-state index contributed by atoms with van der Waals surface area (Å²) in [5.41, 5.74) is 1.61. The zero-order valence-corrected chi connectivity index (χ0v) is 15.8. The topological polar surface area (TPSA) is 56.1 Å². The van der Waals surface area contributed by atoms with Gasteiger partial charge in [-0.15, -0.1) is 0 Å². The molecule has 2 aliphatic carbocycles. The Balaban J connectivity index is 1.35. The van der Waals surface area contributed by atoms with E-state index in [2.05, 4.69) is 23.8 Å². The van der Waals surface area contributed by atoms with Crippen molar-refractivity contribution >= 4 is 11.6 Å². The Morgan fingerprint density at radius 1 is 1.37 bits per heavy atom. The lowest BCUT2D eigenvalue weighted by atomic mass is 9.84. The second-order valence-corrected chi connectivity index (χ2v) is 7.90. The van der Waals surface area contributed by atoms with Crippen molar-refractivity contribution < 1.29 is 9.53 Å². The fourth-order valence-corrected chi connectivity index (χ4v) is 4.84. The molecule has 1 aromatic heterocycles. The number of fused-ring (bicyclic) bond motifs is 2. The van der Waals surface area contributed by atoms with Crippen LogP contribution in [-0.2, 0) is 4.79 Å². The van der Waals surface area contributed by atoms with E-state index < -0.39 is 0 Å². The number of benzene rings is 1. The molecule has 0 aliphatic heterocycles. The number of nitrogens with one attached hydrogen (secondary N) is 1. The molecule has 2 aliphatic rings. The molecule has 5 nitrogen and oxygen atoms in total. The zero-order chi connectivity index (χ0) is 18.8. The second kappa shape index (κ2) is 7.59. The van der Waals surface area contributed by atoms with Crippen molar-refractivity contribution in [3.05, 3.63) is 55.1 Å². The molecule has 1 heterocycles. The van der Waals surface area contributed by atoms with Crippen molar-refractivity contribution in [2.75, 3.05) is 6.61 Å². The minimum absolute atomic E-state index is 0.0133. The average Bonchev–Trinajstić information content (AvgIpc) is 3.44. The summed E-state index contributed by atoms with van der Waals surface area (Å²) in [6, 6.07) is 7.85. The molecule has 2 saturated carbocycles. The summed E-state index contributed by atoms with van der Waals surface area (Å²) in [7, 11) is 0. The summed E-state index contributed by atoms with van der Waals surface area (Å²) in [5.74, 6) is 2.90. The molecule has 1 amide bonds. The predicted octanol–water partition coefficient (Wildman–Crippen LogP) is 3.72. The second-order valence-electron chi connectivity index (χ2n) is 7.90. The molecule has 4 atom stereocenters. The number of carbonyl (C=O) groups excluding carboxylic acids is 1. The van der Waals surface area contributed by atoms with Gasteiger partial charge in [-0.1, -0.05) is 25.1 Å². The Morgan fingerprint density at radius 2 is 2.22 bits per heavy atom. The van der Waals surface area contributed by atoms with Crippen LogP contribution in [0.1, 0.15) is 38.2 Å². The normalized spacial score (nSPS) is 24.6. The maximum absolute atomic E-state index is 12.4. The largest absolute Gasteiger partial charge is 0.483 e. The molecule has 1 aromatic carbocycles. The molecule has 4 unspecified atom stereocenters. The lowest BCUT2D eigenvalue weighted by molar-refractivity contribution is -0.124. The quantitative estimate of drug-likeness (QED) is 0.813. The van der Waals surface area contributed by atoms with Crippen molar-refractivity contribution in [2.45, 2.75) is 38.6 Å². The first-order chi connectivity index (χ1) is 13.1. The molecule has 142 valence electrons. The summed E-state index contributed by atoms with van der Waals surface area (Å²) in [6.45, 7) is 6.27. The predicted molar refractivity (Wildman–Crippen MR) is 105 cm³/mol. The third kappa shape index (κ3) is 3.77. The van der Waals surface area contributed by atoms with Gasteiger partial charge in [0, 0.05) is 24.0 Å². The monoisotopic (exact) mass is 365 g/mol. The van der Waals surface area contributed by atoms with Crippen molar-refractivity contribution in [2.24, 2.45) is 17.8 Å². The fraction of sp³-hybridized carbons (Fsp3) is 0.455. The molecule has 2 fully saturated rings. The van der Waals surface area contributed by atoms with Crippen molar-refractivity contribution in [1.82, 2.24) is 14.9 Å². The number of nitrogens with zero attached hydrogens (tertiary/aromatic N) is 2. The van der Waals surface area contributed by atoms with Crippen LogP contribution >= 0.6 is 0 Å². The summed E-state index contributed by atoms with van der Waals surface area (Å²) >= 11 is 0. The third-order valence-corrected chi connectivity index (χ3v) is 6.20. The summed E-state index contributed by atoms with van der Waals surface area (Å²) in [4.78, 5) is 16.5. The summed E-state index contributed by atoms with van der Waals surface area (Å²) in [5, 5.41) is 3.15. The van der Waals surface area contributed by atoms with Gasteiger partial charge in [0.2, 0.25) is 0 Å². The van der Waals surface area contributed by atoms with Crippen LogP contribution in [0, 0.1) is 17.8 Å². The van der Waals surface area contributed by atoms with Crippen molar-refractivity contribution in [3.63, 3.8) is 0 Å². The molecule has 4 rings (SSSR count). The van der Waals surface area contributed by atoms with Crippen LogP contribution in [-0.4, -0.2) is 28.1 Å². The zero-order valence-electron chi connectivity index (χ0n) is 15.8. The van der Waals surface area contributed by atoms with Gasteiger partial charge >= 0.3 is 0 Å². The van der Waals surface area contributed by atoms with Gasteiger partial charge in [0.05, 0.1) is 12.0 Å². The molecular formula is C22H27N3O2. The molecular weight excluding hydrogens is 338 g/mol. The van der Waals surface area contributed by atoms with E-state index in [0.29, 0.717) is 11.7 Å². The first kappa shape index (κ1) is 17.8. The summed E-state index contributed by atoms with van der Waals surface area (Å²) < 4.78 is 7.67. The van der Waals surface area contributed by atoms with Crippen LogP contribution in [0.15, 0.2) is 49.6 Å². The van der Waals surface area contributed by atoms with E-state index in [1.54, 1.807) is 12.5 Å². The number of hydrogen-bond acceptors (Lipinski definition) is 3. The van der Waals surface area contributed by atoms with Crippen LogP contribution in [0.4, 0.5) is 0 Å². The first-order valence-electron chi connectivity index (χ1n) is 9.80. The number of aromatic nitrogens is 2. The van der Waals surface area contributed by atoms with Crippen LogP contribution in [0.25, 0.3) is 5.70 Å². The van der Waals surface area contributed by atoms with Gasteiger partial charge in [0.15, 0.2) is 6.61 Å². The van der Waals surface area contributed by atoms with Crippen molar-refractivity contribution in [3.8, 4) is 5.75 Å². The maximum atomic E-state index is 12.4. The van der Waals surface area contributed by atoms with Crippen LogP contribution in [0.5, 0.6) is 5.75 Å². The maximum Gasteiger partial charge on any atom is 0.258 e. The molecule has 2 bridgehead atoms. The van der Waals surface area contributed by atoms with Gasteiger partial charge in [0.25, 0.3) is 5.91 Å². The first-order valence-corrected chi connectivity index (χ1v) is 9.80. The highest BCUT2D eigenvalue weighted by Gasteiger charge is 2.42. The Hall–Kier alpha value is -2.56. The highest BCUT2D eigenvalue weighted by Crippen LogP contribution is 2.49. The van der Waals surface area contributed by atoms with Crippen LogP contribution in [0.3, 0.4) is 0 Å². The van der Waals surface area contributed by atoms with E-state index in [0.717, 1.165) is 23.1 Å².